The van der Waals surface area contributed by atoms with Crippen molar-refractivity contribution in [1.82, 2.24) is 9.97 Å². The van der Waals surface area contributed by atoms with Crippen LogP contribution in [-0.2, 0) is 20.1 Å². The topological polar surface area (TPSA) is 52.1 Å². The van der Waals surface area contributed by atoms with Crippen LogP contribution in [0.3, 0.4) is 0 Å². The Morgan fingerprint density at radius 2 is 1.43 bits per heavy atom. The predicted molar refractivity (Wildman–Crippen MR) is 156 cm³/mol. The van der Waals surface area contributed by atoms with Gasteiger partial charge in [-0.15, -0.1) is 54.1 Å². The molecule has 0 saturated heterocycles. The summed E-state index contributed by atoms with van der Waals surface area (Å²) >= 11 is 0. The van der Waals surface area contributed by atoms with Gasteiger partial charge in [0.25, 0.3) is 0 Å². The van der Waals surface area contributed by atoms with Crippen molar-refractivity contribution < 1.29 is 28.9 Å². The fraction of sp³-hybridized carbons (Fsp3) is 0.0286. The van der Waals surface area contributed by atoms with E-state index in [1.54, 1.807) is 6.20 Å². The number of furan rings is 2. The van der Waals surface area contributed by atoms with Crippen molar-refractivity contribution in [2.75, 3.05) is 0 Å². The number of rotatable bonds is 2. The molecule has 0 spiro atoms. The molecule has 40 heavy (non-hydrogen) atoms. The van der Waals surface area contributed by atoms with Crippen molar-refractivity contribution >= 4 is 43.9 Å². The molecule has 4 heterocycles. The summed E-state index contributed by atoms with van der Waals surface area (Å²) in [5.74, 6) is 0. The summed E-state index contributed by atoms with van der Waals surface area (Å²) < 4.78 is 12.2. The second-order valence-electron chi connectivity index (χ2n) is 9.35. The Morgan fingerprint density at radius 1 is 0.600 bits per heavy atom. The molecule has 0 N–H and O–H groups in total. The molecule has 4 aromatic heterocycles. The Bertz CT molecular complexity index is 2040. The third kappa shape index (κ3) is 4.71. The number of para-hydroxylation sites is 1. The molecule has 0 aliphatic heterocycles. The van der Waals surface area contributed by atoms with E-state index in [1.807, 2.05) is 85.1 Å². The van der Waals surface area contributed by atoms with Crippen LogP contribution in [0.2, 0.25) is 0 Å². The van der Waals surface area contributed by atoms with Gasteiger partial charge in [0, 0.05) is 48.7 Å². The number of hydrogen-bond donors (Lipinski definition) is 0. The van der Waals surface area contributed by atoms with Crippen molar-refractivity contribution in [2.24, 2.45) is 0 Å². The Kier molecular flexibility index (Phi) is 7.00. The van der Waals surface area contributed by atoms with E-state index in [4.69, 9.17) is 8.83 Å². The number of aromatic nitrogens is 2. The van der Waals surface area contributed by atoms with E-state index in [0.29, 0.717) is 0 Å². The summed E-state index contributed by atoms with van der Waals surface area (Å²) in [5, 5.41) is 4.27. The summed E-state index contributed by atoms with van der Waals surface area (Å²) in [4.78, 5) is 8.90. The third-order valence-corrected chi connectivity index (χ3v) is 6.76. The molecule has 8 aromatic rings. The zero-order chi connectivity index (χ0) is 26.2. The van der Waals surface area contributed by atoms with Crippen molar-refractivity contribution in [3.05, 3.63) is 133 Å². The summed E-state index contributed by atoms with van der Waals surface area (Å²) in [7, 11) is 0. The average Bonchev–Trinajstić information content (AvgIpc) is 3.55. The van der Waals surface area contributed by atoms with Gasteiger partial charge in [-0.25, -0.2) is 0 Å². The summed E-state index contributed by atoms with van der Waals surface area (Å²) in [6, 6.07) is 40.4. The summed E-state index contributed by atoms with van der Waals surface area (Å²) in [6.07, 6.45) is 3.66. The minimum Gasteiger partial charge on any atom is -0.501 e. The molecule has 0 unspecified atom stereocenters. The van der Waals surface area contributed by atoms with Gasteiger partial charge in [0.2, 0.25) is 0 Å². The number of fused-ring (bicyclic) bond motifs is 6. The third-order valence-electron chi connectivity index (χ3n) is 6.76. The van der Waals surface area contributed by atoms with E-state index in [0.717, 1.165) is 66.4 Å². The van der Waals surface area contributed by atoms with Crippen LogP contribution in [-0.4, -0.2) is 9.97 Å². The van der Waals surface area contributed by atoms with Crippen molar-refractivity contribution in [2.45, 2.75) is 6.92 Å². The molecule has 0 atom stereocenters. The molecule has 195 valence electrons. The maximum atomic E-state index is 6.19. The number of hydrogen-bond acceptors (Lipinski definition) is 4. The zero-order valence-corrected chi connectivity index (χ0v) is 23.9. The fourth-order valence-electron chi connectivity index (χ4n) is 4.87. The second kappa shape index (κ2) is 10.9. The maximum Gasteiger partial charge on any atom is 0.135 e. The molecule has 8 rings (SSSR count). The van der Waals surface area contributed by atoms with Gasteiger partial charge in [-0.05, 0) is 48.1 Å². The van der Waals surface area contributed by atoms with Crippen LogP contribution in [0.4, 0.5) is 0 Å². The van der Waals surface area contributed by atoms with Gasteiger partial charge < -0.3 is 18.8 Å². The molecular formula is C35H22IrN2O2-2. The first-order valence-corrected chi connectivity index (χ1v) is 12.7. The summed E-state index contributed by atoms with van der Waals surface area (Å²) in [5.41, 5.74) is 8.21. The van der Waals surface area contributed by atoms with E-state index >= 15 is 0 Å². The smallest absolute Gasteiger partial charge is 0.135 e. The molecule has 0 saturated carbocycles. The van der Waals surface area contributed by atoms with Gasteiger partial charge in [0.15, 0.2) is 0 Å². The predicted octanol–water partition coefficient (Wildman–Crippen LogP) is 9.20. The van der Waals surface area contributed by atoms with Gasteiger partial charge in [-0.2, -0.15) is 0 Å². The number of benzene rings is 4. The van der Waals surface area contributed by atoms with Crippen LogP contribution in [0.1, 0.15) is 5.56 Å². The minimum atomic E-state index is 0. The quantitative estimate of drug-likeness (QED) is 0.169. The van der Waals surface area contributed by atoms with Crippen molar-refractivity contribution in [3.63, 3.8) is 0 Å². The van der Waals surface area contributed by atoms with Gasteiger partial charge >= 0.3 is 0 Å². The minimum absolute atomic E-state index is 0. The fourth-order valence-corrected chi connectivity index (χ4v) is 4.87. The van der Waals surface area contributed by atoms with E-state index in [9.17, 15) is 0 Å². The van der Waals surface area contributed by atoms with Crippen molar-refractivity contribution in [3.8, 4) is 22.5 Å². The molecule has 0 aliphatic carbocycles. The van der Waals surface area contributed by atoms with Gasteiger partial charge in [0.05, 0.1) is 5.58 Å². The molecule has 0 fully saturated rings. The van der Waals surface area contributed by atoms with Gasteiger partial charge in [-0.3, -0.25) is 0 Å². The number of nitrogens with zero attached hydrogens (tertiary/aromatic N) is 2. The zero-order valence-electron chi connectivity index (χ0n) is 21.5. The second-order valence-corrected chi connectivity index (χ2v) is 9.35. The largest absolute Gasteiger partial charge is 0.501 e. The first kappa shape index (κ1) is 25.7. The Balaban J connectivity index is 0.000000188. The normalized spacial score (nSPS) is 10.9. The molecule has 0 aliphatic rings. The Hall–Kier alpha value is -4.57. The van der Waals surface area contributed by atoms with Crippen LogP contribution in [0, 0.1) is 19.1 Å². The standard InChI is InChI=1S/C24H14NO2.C11H8N.Ir/c1-14-9-10-16-17-6-4-7-18(24(17)27-22(16)11-14)20-12-23-19(13-25-20)15-5-2-3-8-21(15)26-23;1-2-6-10(7-3-1)11-8-4-5-9-12-11;/h2-6,8-13H,1H3;1-6,8-9H;/q2*-1;. The molecule has 5 heteroatoms. The average molecular weight is 695 g/mol. The summed E-state index contributed by atoms with van der Waals surface area (Å²) in [6.45, 7) is 2.07. The van der Waals surface area contributed by atoms with Crippen LogP contribution in [0.15, 0.2) is 124 Å². The molecule has 0 bridgehead atoms. The molecule has 4 aromatic carbocycles. The SMILES string of the molecule is Cc1ccc2c(c1)oc1c(-c3cc4oc5ccccc5c4cn3)[c-]ccc12.[Ir].[c-]1ccccc1-c1ccccn1. The van der Waals surface area contributed by atoms with Crippen LogP contribution in [0.5, 0.6) is 0 Å². The number of pyridine rings is 2. The van der Waals surface area contributed by atoms with Crippen molar-refractivity contribution in [1.29, 1.82) is 0 Å². The van der Waals surface area contributed by atoms with Crippen LogP contribution >= 0.6 is 0 Å². The van der Waals surface area contributed by atoms with E-state index in [-0.39, 0.29) is 20.1 Å². The molecule has 1 radical (unpaired) electrons. The first-order chi connectivity index (χ1) is 19.2. The van der Waals surface area contributed by atoms with Crippen LogP contribution < -0.4 is 0 Å². The van der Waals surface area contributed by atoms with Crippen LogP contribution in [0.25, 0.3) is 66.4 Å². The number of aryl methyl sites for hydroxylation is 1. The molecule has 4 nitrogen and oxygen atoms in total. The van der Waals surface area contributed by atoms with E-state index < -0.39 is 0 Å². The first-order valence-electron chi connectivity index (χ1n) is 12.7. The Morgan fingerprint density at radius 3 is 2.27 bits per heavy atom. The molecule has 0 amide bonds. The van der Waals surface area contributed by atoms with Gasteiger partial charge in [0.1, 0.15) is 16.7 Å². The van der Waals surface area contributed by atoms with E-state index in [2.05, 4.69) is 53.3 Å². The van der Waals surface area contributed by atoms with E-state index in [1.165, 1.54) is 5.56 Å². The van der Waals surface area contributed by atoms with Gasteiger partial charge in [-0.1, -0.05) is 53.4 Å². The maximum absolute atomic E-state index is 6.19. The molecular weight excluding hydrogens is 673 g/mol. The Labute approximate surface area is 244 Å². The monoisotopic (exact) mass is 695 g/mol.